The van der Waals surface area contributed by atoms with Crippen molar-refractivity contribution in [1.82, 2.24) is 10.2 Å². The van der Waals surface area contributed by atoms with Crippen LogP contribution in [0.5, 0.6) is 0 Å². The van der Waals surface area contributed by atoms with Gasteiger partial charge in [0.05, 0.1) is 11.0 Å². The van der Waals surface area contributed by atoms with Gasteiger partial charge < -0.3 is 15.3 Å². The van der Waals surface area contributed by atoms with Gasteiger partial charge >= 0.3 is 12.0 Å². The van der Waals surface area contributed by atoms with Crippen LogP contribution in [-0.4, -0.2) is 40.6 Å². The van der Waals surface area contributed by atoms with Crippen LogP contribution in [0.25, 0.3) is 0 Å². The van der Waals surface area contributed by atoms with Gasteiger partial charge in [0.2, 0.25) is 0 Å². The summed E-state index contributed by atoms with van der Waals surface area (Å²) in [7, 11) is 1.77. The molecule has 18 heavy (non-hydrogen) atoms. The molecule has 1 aliphatic rings. The van der Waals surface area contributed by atoms with E-state index < -0.39 is 16.9 Å². The SMILES string of the molecule is CN(C(=O)NC(C)(C)C(C)(C)C(=O)O)C1CCC1. The monoisotopic (exact) mass is 256 g/mol. The fourth-order valence-corrected chi connectivity index (χ4v) is 1.72. The summed E-state index contributed by atoms with van der Waals surface area (Å²) in [6.07, 6.45) is 3.23. The molecule has 0 radical (unpaired) electrons. The zero-order valence-corrected chi connectivity index (χ0v) is 11.9. The van der Waals surface area contributed by atoms with Crippen LogP contribution < -0.4 is 5.32 Å². The molecule has 0 aromatic heterocycles. The van der Waals surface area contributed by atoms with Crippen LogP contribution in [0.15, 0.2) is 0 Å². The molecular weight excluding hydrogens is 232 g/mol. The number of nitrogens with zero attached hydrogens (tertiary/aromatic N) is 1. The molecule has 0 heterocycles. The van der Waals surface area contributed by atoms with Crippen molar-refractivity contribution in [1.29, 1.82) is 0 Å². The Bertz CT molecular complexity index is 346. The summed E-state index contributed by atoms with van der Waals surface area (Å²) in [5.41, 5.74) is -1.84. The Labute approximate surface area is 109 Å². The van der Waals surface area contributed by atoms with Gasteiger partial charge in [-0.05, 0) is 47.0 Å². The van der Waals surface area contributed by atoms with Crippen LogP contribution in [0.4, 0.5) is 4.79 Å². The summed E-state index contributed by atoms with van der Waals surface area (Å²) in [5, 5.41) is 12.1. The number of rotatable bonds is 4. The van der Waals surface area contributed by atoms with E-state index >= 15 is 0 Å². The number of nitrogens with one attached hydrogen (secondary N) is 1. The molecule has 2 N–H and O–H groups in total. The number of hydrogen-bond acceptors (Lipinski definition) is 2. The highest BCUT2D eigenvalue weighted by Gasteiger charge is 2.45. The second-order valence-corrected chi connectivity index (χ2v) is 6.18. The Morgan fingerprint density at radius 2 is 1.72 bits per heavy atom. The number of carbonyl (C=O) groups excluding carboxylic acids is 1. The van der Waals surface area contributed by atoms with Crippen LogP contribution in [0, 0.1) is 5.41 Å². The minimum absolute atomic E-state index is 0.195. The predicted molar refractivity (Wildman–Crippen MR) is 69.4 cm³/mol. The predicted octanol–water partition coefficient (Wildman–Crippen LogP) is 2.07. The molecule has 0 spiro atoms. The van der Waals surface area contributed by atoms with Gasteiger partial charge in [-0.1, -0.05) is 0 Å². The first-order valence-electron chi connectivity index (χ1n) is 6.38. The first-order chi connectivity index (χ1) is 8.09. The Kier molecular flexibility index (Phi) is 3.93. The number of carboxylic acid groups (broad SMARTS) is 1. The summed E-state index contributed by atoms with van der Waals surface area (Å²) in [6.45, 7) is 6.74. The van der Waals surface area contributed by atoms with Gasteiger partial charge in [-0.15, -0.1) is 0 Å². The zero-order valence-electron chi connectivity index (χ0n) is 11.9. The molecule has 1 saturated carbocycles. The van der Waals surface area contributed by atoms with Crippen LogP contribution in [0.2, 0.25) is 0 Å². The lowest BCUT2D eigenvalue weighted by molar-refractivity contribution is -0.150. The molecule has 0 aromatic carbocycles. The van der Waals surface area contributed by atoms with Crippen molar-refractivity contribution in [2.45, 2.75) is 58.5 Å². The number of carboxylic acids is 1. The maximum Gasteiger partial charge on any atom is 0.317 e. The molecule has 2 amide bonds. The maximum absolute atomic E-state index is 12.1. The van der Waals surface area contributed by atoms with E-state index in [-0.39, 0.29) is 6.03 Å². The van der Waals surface area contributed by atoms with E-state index in [4.69, 9.17) is 0 Å². The lowest BCUT2D eigenvalue weighted by atomic mass is 9.74. The Hall–Kier alpha value is -1.26. The minimum atomic E-state index is -1.02. The van der Waals surface area contributed by atoms with Crippen molar-refractivity contribution < 1.29 is 14.7 Å². The molecule has 1 rings (SSSR count). The third-order valence-electron chi connectivity index (χ3n) is 4.46. The van der Waals surface area contributed by atoms with E-state index in [0.717, 1.165) is 19.3 Å². The lowest BCUT2D eigenvalue weighted by Gasteiger charge is -2.42. The maximum atomic E-state index is 12.1. The van der Waals surface area contributed by atoms with Gasteiger partial charge in [-0.25, -0.2) is 4.79 Å². The number of hydrogen-bond donors (Lipinski definition) is 2. The molecule has 0 aromatic rings. The largest absolute Gasteiger partial charge is 0.481 e. The first kappa shape index (κ1) is 14.8. The number of urea groups is 1. The van der Waals surface area contributed by atoms with Crippen molar-refractivity contribution in [2.24, 2.45) is 5.41 Å². The van der Waals surface area contributed by atoms with Crippen molar-refractivity contribution in [2.75, 3.05) is 7.05 Å². The molecule has 0 aliphatic heterocycles. The quantitative estimate of drug-likeness (QED) is 0.809. The molecular formula is C13H24N2O3. The van der Waals surface area contributed by atoms with Gasteiger partial charge in [-0.3, -0.25) is 4.79 Å². The zero-order chi connectivity index (χ0) is 14.1. The molecule has 1 aliphatic carbocycles. The van der Waals surface area contributed by atoms with Gasteiger partial charge in [0.25, 0.3) is 0 Å². The van der Waals surface area contributed by atoms with E-state index in [1.807, 2.05) is 0 Å². The van der Waals surface area contributed by atoms with E-state index in [2.05, 4.69) is 5.32 Å². The highest BCUT2D eigenvalue weighted by Crippen LogP contribution is 2.31. The molecule has 104 valence electrons. The third-order valence-corrected chi connectivity index (χ3v) is 4.46. The second-order valence-electron chi connectivity index (χ2n) is 6.18. The lowest BCUT2D eigenvalue weighted by Crippen LogP contribution is -2.60. The van der Waals surface area contributed by atoms with Gasteiger partial charge in [0.1, 0.15) is 0 Å². The normalized spacial score (nSPS) is 16.9. The molecule has 5 heteroatoms. The van der Waals surface area contributed by atoms with Crippen LogP contribution in [-0.2, 0) is 4.79 Å². The molecule has 0 atom stereocenters. The van der Waals surface area contributed by atoms with Gasteiger partial charge in [0, 0.05) is 13.1 Å². The first-order valence-corrected chi connectivity index (χ1v) is 6.38. The molecule has 0 saturated heterocycles. The second kappa shape index (κ2) is 4.78. The summed E-state index contributed by atoms with van der Waals surface area (Å²) in [6, 6.07) is 0.104. The van der Waals surface area contributed by atoms with E-state index in [9.17, 15) is 14.7 Å². The Morgan fingerprint density at radius 1 is 1.22 bits per heavy atom. The standard InChI is InChI=1S/C13H24N2O3/c1-12(2,10(16)17)13(3,4)14-11(18)15(5)9-7-6-8-9/h9H,6-8H2,1-5H3,(H,14,18)(H,16,17). The molecule has 0 bridgehead atoms. The molecule has 1 fully saturated rings. The summed E-state index contributed by atoms with van der Waals surface area (Å²) < 4.78 is 0. The highest BCUT2D eigenvalue weighted by atomic mass is 16.4. The number of aliphatic carboxylic acids is 1. The van der Waals surface area contributed by atoms with Crippen LogP contribution in [0.1, 0.15) is 47.0 Å². The summed E-state index contributed by atoms with van der Waals surface area (Å²) in [4.78, 5) is 25.0. The van der Waals surface area contributed by atoms with Crippen LogP contribution >= 0.6 is 0 Å². The van der Waals surface area contributed by atoms with Gasteiger partial charge in [-0.2, -0.15) is 0 Å². The smallest absolute Gasteiger partial charge is 0.317 e. The highest BCUT2D eigenvalue weighted by molar-refractivity contribution is 5.79. The van der Waals surface area contributed by atoms with Crippen molar-refractivity contribution in [3.8, 4) is 0 Å². The van der Waals surface area contributed by atoms with E-state index in [0.29, 0.717) is 6.04 Å². The number of amides is 2. The Balaban J connectivity index is 2.70. The molecule has 5 nitrogen and oxygen atoms in total. The summed E-state index contributed by atoms with van der Waals surface area (Å²) in [5.74, 6) is -0.918. The topological polar surface area (TPSA) is 69.6 Å². The average molecular weight is 256 g/mol. The fourth-order valence-electron chi connectivity index (χ4n) is 1.72. The number of carbonyl (C=O) groups is 2. The fraction of sp³-hybridized carbons (Fsp3) is 0.846. The van der Waals surface area contributed by atoms with Gasteiger partial charge in [0.15, 0.2) is 0 Å². The Morgan fingerprint density at radius 3 is 2.06 bits per heavy atom. The molecule has 0 unspecified atom stereocenters. The van der Waals surface area contributed by atoms with Crippen molar-refractivity contribution in [3.63, 3.8) is 0 Å². The summed E-state index contributed by atoms with van der Waals surface area (Å²) >= 11 is 0. The minimum Gasteiger partial charge on any atom is -0.481 e. The van der Waals surface area contributed by atoms with Crippen molar-refractivity contribution in [3.05, 3.63) is 0 Å². The van der Waals surface area contributed by atoms with E-state index in [1.165, 1.54) is 0 Å². The average Bonchev–Trinajstić information content (AvgIpc) is 2.13. The van der Waals surface area contributed by atoms with E-state index in [1.54, 1.807) is 39.6 Å². The third kappa shape index (κ3) is 2.60. The van der Waals surface area contributed by atoms with Crippen molar-refractivity contribution >= 4 is 12.0 Å². The van der Waals surface area contributed by atoms with Crippen LogP contribution in [0.3, 0.4) is 0 Å².